The number of β-amino-alcohol motifs (C(OH)–C–C–N with tert-alkyl or cyclic N) is 1. The third-order valence-corrected chi connectivity index (χ3v) is 5.74. The molecule has 1 atom stereocenters. The molecule has 1 aromatic carbocycles. The van der Waals surface area contributed by atoms with Crippen LogP contribution in [0.5, 0.6) is 5.75 Å². The summed E-state index contributed by atoms with van der Waals surface area (Å²) in [5.74, 6) is -2.18. The summed E-state index contributed by atoms with van der Waals surface area (Å²) in [5.41, 5.74) is 1.23. The second-order valence-corrected chi connectivity index (χ2v) is 8.03. The highest BCUT2D eigenvalue weighted by Gasteiger charge is 2.36. The molecular weight excluding hydrogens is 380 g/mol. The number of benzene rings is 1. The molecule has 2 aliphatic heterocycles. The number of alkyl halides is 2. The van der Waals surface area contributed by atoms with Crippen molar-refractivity contribution in [2.24, 2.45) is 0 Å². The SMILES string of the molecule is O=C(c1cc2cc(OCCCN3CC[C@H](O)C3)ccc2[nH]1)N1CCC(F)(F)CC1. The molecule has 0 bridgehead atoms. The van der Waals surface area contributed by atoms with Gasteiger partial charge in [0.15, 0.2) is 0 Å². The van der Waals surface area contributed by atoms with Crippen LogP contribution in [0.15, 0.2) is 24.3 Å². The summed E-state index contributed by atoms with van der Waals surface area (Å²) >= 11 is 0. The number of piperidine rings is 1. The van der Waals surface area contributed by atoms with Gasteiger partial charge in [0, 0.05) is 56.5 Å². The molecule has 4 rings (SSSR count). The van der Waals surface area contributed by atoms with Gasteiger partial charge < -0.3 is 24.6 Å². The van der Waals surface area contributed by atoms with Crippen molar-refractivity contribution in [2.45, 2.75) is 37.7 Å². The molecule has 2 fully saturated rings. The van der Waals surface area contributed by atoms with E-state index in [0.29, 0.717) is 12.3 Å². The van der Waals surface area contributed by atoms with Gasteiger partial charge in [-0.3, -0.25) is 4.79 Å². The normalized spacial score (nSPS) is 22.3. The first-order chi connectivity index (χ1) is 13.9. The predicted octanol–water partition coefficient (Wildman–Crippen LogP) is 2.87. The fourth-order valence-electron chi connectivity index (χ4n) is 4.02. The van der Waals surface area contributed by atoms with Gasteiger partial charge in [0.1, 0.15) is 11.4 Å². The molecule has 2 aliphatic rings. The number of aromatic nitrogens is 1. The Bertz CT molecular complexity index is 860. The molecule has 2 N–H and O–H groups in total. The van der Waals surface area contributed by atoms with E-state index in [0.717, 1.165) is 49.1 Å². The number of nitrogens with zero attached hydrogens (tertiary/aromatic N) is 2. The van der Waals surface area contributed by atoms with Crippen LogP contribution in [0.1, 0.15) is 36.2 Å². The maximum absolute atomic E-state index is 13.3. The van der Waals surface area contributed by atoms with E-state index in [1.807, 2.05) is 18.2 Å². The van der Waals surface area contributed by atoms with Crippen molar-refractivity contribution in [3.63, 3.8) is 0 Å². The second kappa shape index (κ2) is 8.28. The molecule has 2 aromatic rings. The van der Waals surface area contributed by atoms with Crippen molar-refractivity contribution in [1.82, 2.24) is 14.8 Å². The van der Waals surface area contributed by atoms with Crippen LogP contribution >= 0.6 is 0 Å². The van der Waals surface area contributed by atoms with Crippen LogP contribution in [0.25, 0.3) is 10.9 Å². The Morgan fingerprint density at radius 2 is 2.03 bits per heavy atom. The summed E-state index contributed by atoms with van der Waals surface area (Å²) in [4.78, 5) is 19.4. The summed E-state index contributed by atoms with van der Waals surface area (Å²) in [7, 11) is 0. The predicted molar refractivity (Wildman–Crippen MR) is 106 cm³/mol. The molecule has 0 saturated carbocycles. The van der Waals surface area contributed by atoms with E-state index in [4.69, 9.17) is 4.74 Å². The number of aromatic amines is 1. The molecule has 6 nitrogen and oxygen atoms in total. The number of rotatable bonds is 6. The molecule has 29 heavy (non-hydrogen) atoms. The summed E-state index contributed by atoms with van der Waals surface area (Å²) in [5, 5.41) is 10.4. The van der Waals surface area contributed by atoms with E-state index >= 15 is 0 Å². The average Bonchev–Trinajstić information content (AvgIpc) is 3.30. The maximum atomic E-state index is 13.3. The van der Waals surface area contributed by atoms with Crippen molar-refractivity contribution in [3.05, 3.63) is 30.0 Å². The zero-order valence-electron chi connectivity index (χ0n) is 16.4. The first-order valence-electron chi connectivity index (χ1n) is 10.2. The third-order valence-electron chi connectivity index (χ3n) is 5.74. The fourth-order valence-corrected chi connectivity index (χ4v) is 4.02. The number of hydrogen-bond donors (Lipinski definition) is 2. The highest BCUT2D eigenvalue weighted by Crippen LogP contribution is 2.29. The number of likely N-dealkylation sites (tertiary alicyclic amines) is 2. The molecule has 1 amide bonds. The molecule has 0 unspecified atom stereocenters. The number of ether oxygens (including phenoxy) is 1. The summed E-state index contributed by atoms with van der Waals surface area (Å²) < 4.78 is 32.5. The monoisotopic (exact) mass is 407 g/mol. The summed E-state index contributed by atoms with van der Waals surface area (Å²) in [6, 6.07) is 7.35. The zero-order chi connectivity index (χ0) is 20.4. The Hall–Kier alpha value is -2.19. The highest BCUT2D eigenvalue weighted by atomic mass is 19.3. The number of hydrogen-bond acceptors (Lipinski definition) is 4. The Morgan fingerprint density at radius 1 is 1.24 bits per heavy atom. The minimum absolute atomic E-state index is 0.0730. The molecule has 0 radical (unpaired) electrons. The van der Waals surface area contributed by atoms with E-state index in [9.17, 15) is 18.7 Å². The Labute approximate surface area is 168 Å². The van der Waals surface area contributed by atoms with E-state index in [-0.39, 0.29) is 37.9 Å². The number of carbonyl (C=O) groups is 1. The minimum atomic E-state index is -2.67. The lowest BCUT2D eigenvalue weighted by atomic mass is 10.1. The second-order valence-electron chi connectivity index (χ2n) is 8.03. The molecule has 3 heterocycles. The Kier molecular flexibility index (Phi) is 5.74. The average molecular weight is 407 g/mol. The van der Waals surface area contributed by atoms with E-state index in [2.05, 4.69) is 9.88 Å². The lowest BCUT2D eigenvalue weighted by Crippen LogP contribution is -2.42. The van der Waals surface area contributed by atoms with Crippen LogP contribution in [-0.2, 0) is 0 Å². The molecule has 2 saturated heterocycles. The van der Waals surface area contributed by atoms with Gasteiger partial charge in [0.05, 0.1) is 12.7 Å². The van der Waals surface area contributed by atoms with E-state index < -0.39 is 5.92 Å². The smallest absolute Gasteiger partial charge is 0.270 e. The van der Waals surface area contributed by atoms with Crippen LogP contribution in [-0.4, -0.2) is 77.2 Å². The van der Waals surface area contributed by atoms with Gasteiger partial charge in [-0.05, 0) is 37.1 Å². The number of amides is 1. The lowest BCUT2D eigenvalue weighted by Gasteiger charge is -2.31. The molecule has 0 aliphatic carbocycles. The number of H-pyrrole nitrogens is 1. The first-order valence-corrected chi connectivity index (χ1v) is 10.2. The van der Waals surface area contributed by atoms with Crippen molar-refractivity contribution < 1.29 is 23.4 Å². The van der Waals surface area contributed by atoms with Crippen molar-refractivity contribution in [1.29, 1.82) is 0 Å². The largest absolute Gasteiger partial charge is 0.494 e. The Morgan fingerprint density at radius 3 is 2.76 bits per heavy atom. The van der Waals surface area contributed by atoms with Crippen LogP contribution in [0.2, 0.25) is 0 Å². The Balaban J connectivity index is 1.32. The third kappa shape index (κ3) is 4.87. The number of fused-ring (bicyclic) bond motifs is 1. The van der Waals surface area contributed by atoms with Gasteiger partial charge in [-0.15, -0.1) is 0 Å². The topological polar surface area (TPSA) is 68.8 Å². The maximum Gasteiger partial charge on any atom is 0.270 e. The lowest BCUT2D eigenvalue weighted by molar-refractivity contribution is -0.0495. The summed E-state index contributed by atoms with van der Waals surface area (Å²) in [6.45, 7) is 3.29. The van der Waals surface area contributed by atoms with Crippen LogP contribution < -0.4 is 4.74 Å². The van der Waals surface area contributed by atoms with Crippen molar-refractivity contribution in [3.8, 4) is 5.75 Å². The van der Waals surface area contributed by atoms with Gasteiger partial charge in [-0.2, -0.15) is 0 Å². The van der Waals surface area contributed by atoms with Gasteiger partial charge in [0.2, 0.25) is 0 Å². The number of carbonyl (C=O) groups excluding carboxylic acids is 1. The number of halogens is 2. The van der Waals surface area contributed by atoms with Gasteiger partial charge >= 0.3 is 0 Å². The minimum Gasteiger partial charge on any atom is -0.494 e. The molecule has 158 valence electrons. The van der Waals surface area contributed by atoms with E-state index in [1.54, 1.807) is 6.07 Å². The molecular formula is C21H27F2N3O3. The fraction of sp³-hybridized carbons (Fsp3) is 0.571. The zero-order valence-corrected chi connectivity index (χ0v) is 16.4. The van der Waals surface area contributed by atoms with Crippen molar-refractivity contribution in [2.75, 3.05) is 39.3 Å². The quantitative estimate of drug-likeness (QED) is 0.723. The number of nitrogens with one attached hydrogen (secondary N) is 1. The van der Waals surface area contributed by atoms with Gasteiger partial charge in [-0.1, -0.05) is 0 Å². The van der Waals surface area contributed by atoms with Crippen LogP contribution in [0.3, 0.4) is 0 Å². The summed E-state index contributed by atoms with van der Waals surface area (Å²) in [6.07, 6.45) is 0.943. The van der Waals surface area contributed by atoms with Crippen LogP contribution in [0.4, 0.5) is 8.78 Å². The van der Waals surface area contributed by atoms with Crippen molar-refractivity contribution >= 4 is 16.8 Å². The molecule has 1 aromatic heterocycles. The highest BCUT2D eigenvalue weighted by molar-refractivity contribution is 5.98. The number of aliphatic hydroxyl groups excluding tert-OH is 1. The van der Waals surface area contributed by atoms with Crippen LogP contribution in [0, 0.1) is 0 Å². The number of aliphatic hydroxyl groups is 1. The first kappa shape index (κ1) is 20.1. The standard InChI is InChI=1S/C21H27F2N3O3/c22-21(23)5-9-26(10-6-21)20(28)19-13-15-12-17(2-3-18(15)24-19)29-11-1-7-25-8-4-16(27)14-25/h2-3,12-13,16,24,27H,1,4-11,14H2/t16-/m0/s1. The molecule has 0 spiro atoms. The van der Waals surface area contributed by atoms with E-state index in [1.165, 1.54) is 4.90 Å². The molecule has 8 heteroatoms. The van der Waals surface area contributed by atoms with Gasteiger partial charge in [0.25, 0.3) is 11.8 Å². The van der Waals surface area contributed by atoms with Gasteiger partial charge in [-0.25, -0.2) is 8.78 Å².